The van der Waals surface area contributed by atoms with Crippen LogP contribution in [-0.2, 0) is 56.8 Å². The van der Waals surface area contributed by atoms with Crippen molar-refractivity contribution in [3.63, 3.8) is 0 Å². The van der Waals surface area contributed by atoms with Crippen LogP contribution >= 0.6 is 22.6 Å². The number of alkyl halides is 1. The lowest BCUT2D eigenvalue weighted by Crippen LogP contribution is -2.27. The van der Waals surface area contributed by atoms with Gasteiger partial charge < -0.3 is 62.2 Å². The highest BCUT2D eigenvalue weighted by molar-refractivity contribution is 14.1. The zero-order valence-corrected chi connectivity index (χ0v) is 37.3. The number of nitrogens with one attached hydrogen (secondary N) is 1. The molecular formula is C44H70INO13. The highest BCUT2D eigenvalue weighted by Crippen LogP contribution is 2.44. The van der Waals surface area contributed by atoms with Gasteiger partial charge in [-0.05, 0) is 45.9 Å². The Bertz CT molecular complexity index is 1230. The molecule has 2 aromatic carbocycles. The molecule has 1 aliphatic carbocycles. The van der Waals surface area contributed by atoms with Gasteiger partial charge in [0.05, 0.1) is 132 Å². The number of fused-ring (bicyclic) bond motifs is 3. The Morgan fingerprint density at radius 1 is 0.424 bits per heavy atom. The van der Waals surface area contributed by atoms with E-state index < -0.39 is 6.09 Å². The standard InChI is InChI=1S/C44H70INO13/c45-14-7-1-2-8-16-48-18-20-50-22-24-52-26-28-54-30-32-56-34-36-58-37-35-57-33-31-55-29-27-53-25-23-51-21-19-49-17-9-15-46-44(47)59-38-43-41-12-5-3-10-39(41)40-11-4-6-13-42(40)43/h3-6,10-13,43H,1-2,7-9,14-38H2,(H,46,47). The van der Waals surface area contributed by atoms with E-state index in [0.29, 0.717) is 158 Å². The van der Waals surface area contributed by atoms with Gasteiger partial charge in [-0.25, -0.2) is 4.79 Å². The van der Waals surface area contributed by atoms with Gasteiger partial charge in [0.2, 0.25) is 0 Å². The SMILES string of the molecule is O=C(NCCCOCCOCCOCCOCCOCCOCCOCCOCCOCCOCCOCCCCCCI)OCC1c2ccccc2-c2ccccc21. The Morgan fingerprint density at radius 3 is 1.12 bits per heavy atom. The molecule has 0 heterocycles. The zero-order valence-electron chi connectivity index (χ0n) is 35.1. The van der Waals surface area contributed by atoms with E-state index in [-0.39, 0.29) is 5.92 Å². The molecule has 0 radical (unpaired) electrons. The van der Waals surface area contributed by atoms with Gasteiger partial charge in [-0.1, -0.05) is 84.0 Å². The number of rotatable bonds is 42. The Hall–Kier alpha value is -2.00. The number of ether oxygens (including phenoxy) is 12. The molecular weight excluding hydrogens is 877 g/mol. The van der Waals surface area contributed by atoms with E-state index in [1.165, 1.54) is 45.9 Å². The van der Waals surface area contributed by atoms with E-state index in [9.17, 15) is 4.79 Å². The van der Waals surface area contributed by atoms with Crippen molar-refractivity contribution in [3.8, 4) is 11.1 Å². The van der Waals surface area contributed by atoms with Crippen LogP contribution in [0.25, 0.3) is 11.1 Å². The van der Waals surface area contributed by atoms with Gasteiger partial charge in [0.15, 0.2) is 0 Å². The third-order valence-electron chi connectivity index (χ3n) is 8.97. The molecule has 0 fully saturated rings. The van der Waals surface area contributed by atoms with Crippen molar-refractivity contribution in [2.24, 2.45) is 0 Å². The second-order valence-corrected chi connectivity index (χ2v) is 14.5. The third kappa shape index (κ3) is 26.2. The van der Waals surface area contributed by atoms with Crippen LogP contribution in [0, 0.1) is 0 Å². The maximum atomic E-state index is 12.3. The molecule has 1 amide bonds. The average Bonchev–Trinajstić information content (AvgIpc) is 3.58. The molecule has 2 aromatic rings. The van der Waals surface area contributed by atoms with Crippen LogP contribution in [0.4, 0.5) is 4.79 Å². The Kier molecular flexibility index (Phi) is 32.8. The molecule has 336 valence electrons. The minimum Gasteiger partial charge on any atom is -0.449 e. The van der Waals surface area contributed by atoms with Gasteiger partial charge in [0.1, 0.15) is 6.61 Å². The average molecular weight is 948 g/mol. The minimum absolute atomic E-state index is 0.0496. The molecule has 0 aliphatic heterocycles. The number of hydrogen-bond donors (Lipinski definition) is 1. The number of carbonyl (C=O) groups is 1. The number of benzene rings is 2. The van der Waals surface area contributed by atoms with Gasteiger partial charge >= 0.3 is 6.09 Å². The fraction of sp³-hybridized carbons (Fsp3) is 0.705. The predicted octanol–water partition coefficient (Wildman–Crippen LogP) is 6.09. The molecule has 0 atom stereocenters. The first kappa shape index (κ1) is 51.4. The van der Waals surface area contributed by atoms with Gasteiger partial charge in [-0.3, -0.25) is 0 Å². The molecule has 0 spiro atoms. The highest BCUT2D eigenvalue weighted by atomic mass is 127. The Morgan fingerprint density at radius 2 is 0.746 bits per heavy atom. The summed E-state index contributed by atoms with van der Waals surface area (Å²) in [5.41, 5.74) is 4.81. The van der Waals surface area contributed by atoms with Crippen molar-refractivity contribution in [2.75, 3.05) is 163 Å². The first-order chi connectivity index (χ1) is 29.3. The number of amides is 1. The number of hydrogen-bond acceptors (Lipinski definition) is 13. The molecule has 0 saturated carbocycles. The number of alkyl carbamates (subject to hydrolysis) is 1. The molecule has 0 saturated heterocycles. The second-order valence-electron chi connectivity index (χ2n) is 13.4. The Balaban J connectivity index is 0.923. The monoisotopic (exact) mass is 947 g/mol. The van der Waals surface area contributed by atoms with Crippen molar-refractivity contribution in [2.45, 2.75) is 38.0 Å². The first-order valence-electron chi connectivity index (χ1n) is 21.3. The van der Waals surface area contributed by atoms with Crippen molar-refractivity contribution in [3.05, 3.63) is 59.7 Å². The van der Waals surface area contributed by atoms with Crippen LogP contribution in [-0.4, -0.2) is 169 Å². The summed E-state index contributed by atoms with van der Waals surface area (Å²) in [5.74, 6) is 0.0496. The normalized spacial score (nSPS) is 12.2. The molecule has 0 bridgehead atoms. The number of carbonyl (C=O) groups excluding carboxylic acids is 1. The summed E-state index contributed by atoms with van der Waals surface area (Å²) < 4.78 is 67.6. The topological polar surface area (TPSA) is 140 Å². The van der Waals surface area contributed by atoms with E-state index in [4.69, 9.17) is 56.8 Å². The van der Waals surface area contributed by atoms with E-state index in [1.54, 1.807) is 0 Å². The minimum atomic E-state index is -0.414. The summed E-state index contributed by atoms with van der Waals surface area (Å²) in [6.45, 7) is 12.5. The lowest BCUT2D eigenvalue weighted by atomic mass is 9.98. The van der Waals surface area contributed by atoms with Gasteiger partial charge in [0.25, 0.3) is 0 Å². The number of halogens is 1. The third-order valence-corrected chi connectivity index (χ3v) is 9.73. The lowest BCUT2D eigenvalue weighted by molar-refractivity contribution is -0.0275. The second kappa shape index (κ2) is 37.7. The predicted molar refractivity (Wildman–Crippen MR) is 234 cm³/mol. The van der Waals surface area contributed by atoms with Crippen molar-refractivity contribution >= 4 is 28.7 Å². The lowest BCUT2D eigenvalue weighted by Gasteiger charge is -2.14. The summed E-state index contributed by atoms with van der Waals surface area (Å²) in [7, 11) is 0. The summed E-state index contributed by atoms with van der Waals surface area (Å²) >= 11 is 2.42. The fourth-order valence-corrected chi connectivity index (χ4v) is 6.51. The highest BCUT2D eigenvalue weighted by Gasteiger charge is 2.28. The van der Waals surface area contributed by atoms with Gasteiger partial charge in [-0.15, -0.1) is 0 Å². The van der Waals surface area contributed by atoms with Crippen molar-refractivity contribution < 1.29 is 61.6 Å². The largest absolute Gasteiger partial charge is 0.449 e. The summed E-state index contributed by atoms with van der Waals surface area (Å²) in [5, 5.41) is 2.81. The van der Waals surface area contributed by atoms with Gasteiger partial charge in [-0.2, -0.15) is 0 Å². The maximum absolute atomic E-state index is 12.3. The van der Waals surface area contributed by atoms with E-state index >= 15 is 0 Å². The van der Waals surface area contributed by atoms with Crippen LogP contribution in [0.1, 0.15) is 49.1 Å². The van der Waals surface area contributed by atoms with Crippen LogP contribution in [0.3, 0.4) is 0 Å². The molecule has 1 aliphatic rings. The van der Waals surface area contributed by atoms with Crippen LogP contribution in [0.5, 0.6) is 0 Å². The molecule has 0 aromatic heterocycles. The van der Waals surface area contributed by atoms with Crippen LogP contribution < -0.4 is 5.32 Å². The molecule has 1 N–H and O–H groups in total. The zero-order chi connectivity index (χ0) is 41.5. The Labute approximate surface area is 365 Å². The van der Waals surface area contributed by atoms with E-state index in [0.717, 1.165) is 13.0 Å². The van der Waals surface area contributed by atoms with E-state index in [2.05, 4.69) is 52.2 Å². The molecule has 0 unspecified atom stereocenters. The maximum Gasteiger partial charge on any atom is 0.407 e. The summed E-state index contributed by atoms with van der Waals surface area (Å²) in [6, 6.07) is 16.6. The fourth-order valence-electron chi connectivity index (χ4n) is 5.97. The quantitative estimate of drug-likeness (QED) is 0.0467. The van der Waals surface area contributed by atoms with Crippen molar-refractivity contribution in [1.82, 2.24) is 5.32 Å². The smallest absolute Gasteiger partial charge is 0.407 e. The summed E-state index contributed by atoms with van der Waals surface area (Å²) in [6.07, 6.45) is 5.23. The molecule has 14 nitrogen and oxygen atoms in total. The molecule has 3 rings (SSSR count). The summed E-state index contributed by atoms with van der Waals surface area (Å²) in [4.78, 5) is 12.3. The first-order valence-corrected chi connectivity index (χ1v) is 22.8. The molecule has 15 heteroatoms. The van der Waals surface area contributed by atoms with Crippen molar-refractivity contribution in [1.29, 1.82) is 0 Å². The molecule has 59 heavy (non-hydrogen) atoms. The van der Waals surface area contributed by atoms with Crippen LogP contribution in [0.2, 0.25) is 0 Å². The van der Waals surface area contributed by atoms with Crippen LogP contribution in [0.15, 0.2) is 48.5 Å². The van der Waals surface area contributed by atoms with Gasteiger partial charge in [0, 0.05) is 25.7 Å². The number of unbranched alkanes of at least 4 members (excludes halogenated alkanes) is 3. The van der Waals surface area contributed by atoms with E-state index in [1.807, 2.05) is 24.3 Å².